The zero-order valence-electron chi connectivity index (χ0n) is 10.7. The number of hydrogen-bond donors (Lipinski definition) is 1. The van der Waals surface area contributed by atoms with Crippen LogP contribution in [0.5, 0.6) is 0 Å². The van der Waals surface area contributed by atoms with Gasteiger partial charge < -0.3 is 5.32 Å². The van der Waals surface area contributed by atoms with Crippen molar-refractivity contribution in [1.29, 1.82) is 0 Å². The minimum Gasteiger partial charge on any atom is -0.310 e. The van der Waals surface area contributed by atoms with Gasteiger partial charge >= 0.3 is 0 Å². The average molecular weight is 223 g/mol. The van der Waals surface area contributed by atoms with Crippen LogP contribution in [0.15, 0.2) is 18.2 Å². The number of rotatable bonds is 5. The summed E-state index contributed by atoms with van der Waals surface area (Å²) in [7, 11) is 0. The van der Waals surface area contributed by atoms with Gasteiger partial charge in [-0.25, -0.2) is 4.39 Å². The fraction of sp³-hybridized carbons (Fsp3) is 0.571. The van der Waals surface area contributed by atoms with Gasteiger partial charge in [0.15, 0.2) is 0 Å². The highest BCUT2D eigenvalue weighted by molar-refractivity contribution is 5.26. The molecular weight excluding hydrogens is 201 g/mol. The van der Waals surface area contributed by atoms with Crippen molar-refractivity contribution in [3.05, 3.63) is 35.1 Å². The van der Waals surface area contributed by atoms with Crippen molar-refractivity contribution in [3.8, 4) is 0 Å². The summed E-state index contributed by atoms with van der Waals surface area (Å²) in [6.07, 6.45) is 1.18. The Morgan fingerprint density at radius 3 is 2.56 bits per heavy atom. The first kappa shape index (κ1) is 13.2. The maximum atomic E-state index is 13.1. The van der Waals surface area contributed by atoms with Crippen molar-refractivity contribution >= 4 is 0 Å². The van der Waals surface area contributed by atoms with Crippen molar-refractivity contribution in [3.63, 3.8) is 0 Å². The Kier molecular flexibility index (Phi) is 4.94. The van der Waals surface area contributed by atoms with Crippen LogP contribution in [0.1, 0.15) is 44.4 Å². The standard InChI is InChI=1S/C14H22FN/c1-5-10(2)9-16-12(4)13-6-7-14(15)11(3)8-13/h6-8,10,12,16H,5,9H2,1-4H3. The Balaban J connectivity index is 2.59. The van der Waals surface area contributed by atoms with Gasteiger partial charge in [0, 0.05) is 6.04 Å². The van der Waals surface area contributed by atoms with Crippen LogP contribution in [-0.2, 0) is 0 Å². The van der Waals surface area contributed by atoms with E-state index in [0.717, 1.165) is 17.7 Å². The molecule has 1 nitrogen and oxygen atoms in total. The number of benzene rings is 1. The fourth-order valence-electron chi connectivity index (χ4n) is 1.58. The van der Waals surface area contributed by atoms with E-state index in [-0.39, 0.29) is 11.9 Å². The van der Waals surface area contributed by atoms with Crippen LogP contribution in [0.4, 0.5) is 4.39 Å². The third-order valence-electron chi connectivity index (χ3n) is 3.15. The Hall–Kier alpha value is -0.890. The van der Waals surface area contributed by atoms with Gasteiger partial charge in [-0.1, -0.05) is 32.4 Å². The molecule has 0 radical (unpaired) electrons. The summed E-state index contributed by atoms with van der Waals surface area (Å²) >= 11 is 0. The smallest absolute Gasteiger partial charge is 0.126 e. The SMILES string of the molecule is CCC(C)CNC(C)c1ccc(F)c(C)c1. The molecule has 0 aliphatic heterocycles. The molecule has 0 spiro atoms. The first-order valence-electron chi connectivity index (χ1n) is 6.04. The van der Waals surface area contributed by atoms with Crippen LogP contribution in [0, 0.1) is 18.7 Å². The molecule has 1 aromatic rings. The van der Waals surface area contributed by atoms with Crippen molar-refractivity contribution in [1.82, 2.24) is 5.32 Å². The van der Waals surface area contributed by atoms with Crippen LogP contribution in [-0.4, -0.2) is 6.54 Å². The maximum Gasteiger partial charge on any atom is 0.126 e. The van der Waals surface area contributed by atoms with Crippen LogP contribution < -0.4 is 5.32 Å². The second kappa shape index (κ2) is 6.00. The highest BCUT2D eigenvalue weighted by atomic mass is 19.1. The summed E-state index contributed by atoms with van der Waals surface area (Å²) in [5.41, 5.74) is 1.87. The lowest BCUT2D eigenvalue weighted by Crippen LogP contribution is -2.24. The Bertz CT molecular complexity index is 336. The van der Waals surface area contributed by atoms with E-state index >= 15 is 0 Å². The zero-order chi connectivity index (χ0) is 12.1. The van der Waals surface area contributed by atoms with Gasteiger partial charge in [-0.3, -0.25) is 0 Å². The summed E-state index contributed by atoms with van der Waals surface area (Å²) in [6.45, 7) is 9.36. The lowest BCUT2D eigenvalue weighted by Gasteiger charge is -2.17. The lowest BCUT2D eigenvalue weighted by molar-refractivity contribution is 0.460. The highest BCUT2D eigenvalue weighted by Crippen LogP contribution is 2.16. The fourth-order valence-corrected chi connectivity index (χ4v) is 1.58. The molecule has 90 valence electrons. The molecule has 0 fully saturated rings. The van der Waals surface area contributed by atoms with Gasteiger partial charge in [0.1, 0.15) is 5.82 Å². The number of hydrogen-bond acceptors (Lipinski definition) is 1. The molecule has 16 heavy (non-hydrogen) atoms. The molecular formula is C14H22FN. The number of nitrogens with one attached hydrogen (secondary N) is 1. The van der Waals surface area contributed by atoms with Gasteiger partial charge in [0.25, 0.3) is 0 Å². The summed E-state index contributed by atoms with van der Waals surface area (Å²) < 4.78 is 13.1. The Labute approximate surface area is 98.1 Å². The number of aryl methyl sites for hydroxylation is 1. The van der Waals surface area contributed by atoms with E-state index in [1.54, 1.807) is 13.0 Å². The minimum atomic E-state index is -0.127. The summed E-state index contributed by atoms with van der Waals surface area (Å²) in [4.78, 5) is 0. The van der Waals surface area contributed by atoms with Crippen molar-refractivity contribution in [2.75, 3.05) is 6.54 Å². The van der Waals surface area contributed by atoms with Gasteiger partial charge in [-0.05, 0) is 43.5 Å². The molecule has 1 N–H and O–H groups in total. The molecule has 2 atom stereocenters. The first-order chi connectivity index (χ1) is 7.54. The van der Waals surface area contributed by atoms with E-state index in [2.05, 4.69) is 26.1 Å². The van der Waals surface area contributed by atoms with Gasteiger partial charge in [0.2, 0.25) is 0 Å². The predicted molar refractivity (Wildman–Crippen MR) is 67.0 cm³/mol. The largest absolute Gasteiger partial charge is 0.310 e. The lowest BCUT2D eigenvalue weighted by atomic mass is 10.0. The van der Waals surface area contributed by atoms with Crippen LogP contribution in [0.3, 0.4) is 0 Å². The first-order valence-corrected chi connectivity index (χ1v) is 6.04. The predicted octanol–water partition coefficient (Wildman–Crippen LogP) is 3.83. The molecule has 0 aliphatic rings. The molecule has 0 aliphatic carbocycles. The Morgan fingerprint density at radius 2 is 2.00 bits per heavy atom. The topological polar surface area (TPSA) is 12.0 Å². The van der Waals surface area contributed by atoms with E-state index < -0.39 is 0 Å². The monoisotopic (exact) mass is 223 g/mol. The summed E-state index contributed by atoms with van der Waals surface area (Å²) in [5.74, 6) is 0.557. The van der Waals surface area contributed by atoms with E-state index in [9.17, 15) is 4.39 Å². The van der Waals surface area contributed by atoms with Crippen molar-refractivity contribution in [2.45, 2.75) is 40.2 Å². The molecule has 0 aromatic heterocycles. The molecule has 0 amide bonds. The molecule has 1 rings (SSSR count). The molecule has 0 saturated carbocycles. The second-order valence-electron chi connectivity index (χ2n) is 4.65. The Morgan fingerprint density at radius 1 is 1.31 bits per heavy atom. The van der Waals surface area contributed by atoms with E-state index in [4.69, 9.17) is 0 Å². The third kappa shape index (κ3) is 3.60. The maximum absolute atomic E-state index is 13.1. The van der Waals surface area contributed by atoms with Crippen molar-refractivity contribution < 1.29 is 4.39 Å². The van der Waals surface area contributed by atoms with E-state index in [1.165, 1.54) is 6.42 Å². The molecule has 0 heterocycles. The van der Waals surface area contributed by atoms with Gasteiger partial charge in [0.05, 0.1) is 0 Å². The average Bonchev–Trinajstić information content (AvgIpc) is 2.29. The number of halogens is 1. The minimum absolute atomic E-state index is 0.127. The molecule has 2 unspecified atom stereocenters. The zero-order valence-corrected chi connectivity index (χ0v) is 10.7. The van der Waals surface area contributed by atoms with Gasteiger partial charge in [-0.2, -0.15) is 0 Å². The van der Waals surface area contributed by atoms with Crippen LogP contribution >= 0.6 is 0 Å². The normalized spacial score (nSPS) is 14.8. The molecule has 0 saturated heterocycles. The van der Waals surface area contributed by atoms with E-state index in [0.29, 0.717) is 5.92 Å². The summed E-state index contributed by atoms with van der Waals surface area (Å²) in [6, 6.07) is 5.61. The molecule has 0 bridgehead atoms. The quantitative estimate of drug-likeness (QED) is 0.800. The van der Waals surface area contributed by atoms with Crippen LogP contribution in [0.2, 0.25) is 0 Å². The molecule has 2 heteroatoms. The van der Waals surface area contributed by atoms with Gasteiger partial charge in [-0.15, -0.1) is 0 Å². The van der Waals surface area contributed by atoms with Crippen molar-refractivity contribution in [2.24, 2.45) is 5.92 Å². The highest BCUT2D eigenvalue weighted by Gasteiger charge is 2.08. The third-order valence-corrected chi connectivity index (χ3v) is 3.15. The van der Waals surface area contributed by atoms with Crippen LogP contribution in [0.25, 0.3) is 0 Å². The second-order valence-corrected chi connectivity index (χ2v) is 4.65. The molecule has 1 aromatic carbocycles. The summed E-state index contributed by atoms with van der Waals surface area (Å²) in [5, 5.41) is 3.47. The van der Waals surface area contributed by atoms with E-state index in [1.807, 2.05) is 12.1 Å².